The first-order valence-electron chi connectivity index (χ1n) is 7.87. The predicted octanol–water partition coefficient (Wildman–Crippen LogP) is 3.50. The van der Waals surface area contributed by atoms with Crippen LogP contribution in [0.3, 0.4) is 0 Å². The number of nitrogens with one attached hydrogen (secondary N) is 1. The minimum absolute atomic E-state index is 0.0491. The quantitative estimate of drug-likeness (QED) is 0.813. The molecule has 7 nitrogen and oxygen atoms in total. The second-order valence-electron chi connectivity index (χ2n) is 6.48. The van der Waals surface area contributed by atoms with Crippen molar-refractivity contribution in [2.45, 2.75) is 64.2 Å². The van der Waals surface area contributed by atoms with Crippen LogP contribution >= 0.6 is 0 Å². The molecule has 0 unspecified atom stereocenters. The van der Waals surface area contributed by atoms with Gasteiger partial charge in [0, 0.05) is 0 Å². The molecule has 1 heterocycles. The van der Waals surface area contributed by atoms with Crippen LogP contribution in [-0.4, -0.2) is 33.6 Å². The van der Waals surface area contributed by atoms with Gasteiger partial charge < -0.3 is 0 Å². The van der Waals surface area contributed by atoms with Gasteiger partial charge in [-0.15, -0.1) is 10.2 Å². The third-order valence-electron chi connectivity index (χ3n) is 3.61. The first-order chi connectivity index (χ1) is 11.1. The van der Waals surface area contributed by atoms with E-state index in [1.54, 1.807) is 0 Å². The summed E-state index contributed by atoms with van der Waals surface area (Å²) in [5.41, 5.74) is 2.97. The van der Waals surface area contributed by atoms with E-state index in [0.29, 0.717) is 5.92 Å². The molecule has 1 aromatic heterocycles. The maximum Gasteiger partial charge on any atom is 0.294 e. The van der Waals surface area contributed by atoms with Crippen LogP contribution in [0.15, 0.2) is 23.4 Å². The predicted molar refractivity (Wildman–Crippen MR) is 92.7 cm³/mol. The van der Waals surface area contributed by atoms with Crippen molar-refractivity contribution < 1.29 is 13.0 Å². The molecular formula is C16H26N4O3S. The molecule has 24 heavy (non-hydrogen) atoms. The Morgan fingerprint density at radius 2 is 1.54 bits per heavy atom. The van der Waals surface area contributed by atoms with Gasteiger partial charge in [-0.1, -0.05) is 52.8 Å². The molecule has 0 aliphatic carbocycles. The van der Waals surface area contributed by atoms with E-state index >= 15 is 0 Å². The monoisotopic (exact) mass is 354 g/mol. The van der Waals surface area contributed by atoms with Crippen molar-refractivity contribution in [3.63, 3.8) is 0 Å². The van der Waals surface area contributed by atoms with E-state index in [2.05, 4.69) is 48.3 Å². The molecule has 2 rings (SSSR count). The van der Waals surface area contributed by atoms with Crippen LogP contribution in [0.4, 0.5) is 0 Å². The SMILES string of the molecule is CC(C)c1ccc(S(=O)(=O)O)c(C(C)C)c1C(C)C.c1nn[nH]n1. The van der Waals surface area contributed by atoms with E-state index in [1.165, 1.54) is 12.4 Å². The second kappa shape index (κ2) is 8.34. The summed E-state index contributed by atoms with van der Waals surface area (Å²) in [6.45, 7) is 12.2. The molecule has 1 aromatic carbocycles. The summed E-state index contributed by atoms with van der Waals surface area (Å²) in [6, 6.07) is 3.36. The lowest BCUT2D eigenvalue weighted by atomic mass is 9.83. The first-order valence-corrected chi connectivity index (χ1v) is 9.31. The van der Waals surface area contributed by atoms with Crippen molar-refractivity contribution >= 4 is 10.1 Å². The smallest absolute Gasteiger partial charge is 0.282 e. The van der Waals surface area contributed by atoms with Crippen LogP contribution in [0.2, 0.25) is 0 Å². The van der Waals surface area contributed by atoms with Gasteiger partial charge in [0.2, 0.25) is 0 Å². The Balaban J connectivity index is 0.000000488. The Morgan fingerprint density at radius 1 is 0.958 bits per heavy atom. The zero-order valence-corrected chi connectivity index (χ0v) is 15.8. The molecule has 2 N–H and O–H groups in total. The van der Waals surface area contributed by atoms with Gasteiger partial charge in [0.25, 0.3) is 10.1 Å². The van der Waals surface area contributed by atoms with Crippen molar-refractivity contribution in [2.24, 2.45) is 0 Å². The standard InChI is InChI=1S/C15H24O3S.CH2N4/c1-9(2)12-7-8-13(19(16,17)18)15(11(5)6)14(12)10(3)4;1-2-4-5-3-1/h7-11H,1-6H3,(H,16,17,18);1H,(H,2,3,4,5). The van der Waals surface area contributed by atoms with E-state index in [4.69, 9.17) is 0 Å². The van der Waals surface area contributed by atoms with E-state index in [-0.39, 0.29) is 16.7 Å². The van der Waals surface area contributed by atoms with Crippen molar-refractivity contribution in [3.05, 3.63) is 35.2 Å². The molecule has 0 amide bonds. The fraction of sp³-hybridized carbons (Fsp3) is 0.562. The van der Waals surface area contributed by atoms with Crippen LogP contribution in [0.1, 0.15) is 76.0 Å². The highest BCUT2D eigenvalue weighted by molar-refractivity contribution is 7.85. The summed E-state index contributed by atoms with van der Waals surface area (Å²) in [6.07, 6.45) is 1.33. The molecule has 0 aliphatic rings. The summed E-state index contributed by atoms with van der Waals surface area (Å²) in [4.78, 5) is 0.0515. The van der Waals surface area contributed by atoms with Gasteiger partial charge >= 0.3 is 0 Å². The van der Waals surface area contributed by atoms with Crippen LogP contribution in [0.5, 0.6) is 0 Å². The summed E-state index contributed by atoms with van der Waals surface area (Å²) in [7, 11) is -4.18. The zero-order valence-electron chi connectivity index (χ0n) is 15.0. The summed E-state index contributed by atoms with van der Waals surface area (Å²) in [5.74, 6) is 0.592. The third-order valence-corrected chi connectivity index (χ3v) is 4.52. The first kappa shape index (κ1) is 20.2. The summed E-state index contributed by atoms with van der Waals surface area (Å²) in [5, 5.41) is 12.2. The van der Waals surface area contributed by atoms with Gasteiger partial charge in [0.05, 0.1) is 4.90 Å². The van der Waals surface area contributed by atoms with Gasteiger partial charge in [-0.25, -0.2) is 0 Å². The fourth-order valence-electron chi connectivity index (χ4n) is 2.73. The zero-order chi connectivity index (χ0) is 18.5. The van der Waals surface area contributed by atoms with Crippen LogP contribution in [-0.2, 0) is 10.1 Å². The molecule has 0 fully saturated rings. The number of H-pyrrole nitrogens is 1. The van der Waals surface area contributed by atoms with E-state index in [1.807, 2.05) is 19.9 Å². The lowest BCUT2D eigenvalue weighted by Gasteiger charge is -2.24. The number of benzene rings is 1. The molecule has 8 heteroatoms. The van der Waals surface area contributed by atoms with Crippen molar-refractivity contribution in [3.8, 4) is 0 Å². The largest absolute Gasteiger partial charge is 0.294 e. The fourth-order valence-corrected chi connectivity index (χ4v) is 3.59. The highest BCUT2D eigenvalue weighted by atomic mass is 32.2. The third kappa shape index (κ3) is 5.10. The Labute approximate surface area is 143 Å². The molecule has 0 atom stereocenters. The topological polar surface area (TPSA) is 109 Å². The van der Waals surface area contributed by atoms with Gasteiger partial charge in [0.15, 0.2) is 6.33 Å². The molecule has 0 radical (unpaired) electrons. The number of hydrogen-bond donors (Lipinski definition) is 2. The van der Waals surface area contributed by atoms with E-state index in [9.17, 15) is 13.0 Å². The average Bonchev–Trinajstić information content (AvgIpc) is 3.03. The molecule has 0 bridgehead atoms. The number of aromatic nitrogens is 4. The molecule has 0 spiro atoms. The lowest BCUT2D eigenvalue weighted by Crippen LogP contribution is -2.12. The molecular weight excluding hydrogens is 328 g/mol. The van der Waals surface area contributed by atoms with E-state index < -0.39 is 10.1 Å². The molecule has 0 saturated heterocycles. The highest BCUT2D eigenvalue weighted by Gasteiger charge is 2.25. The maximum atomic E-state index is 11.6. The average molecular weight is 354 g/mol. The summed E-state index contributed by atoms with van der Waals surface area (Å²) >= 11 is 0. The van der Waals surface area contributed by atoms with Crippen molar-refractivity contribution in [1.82, 2.24) is 20.6 Å². The molecule has 134 valence electrons. The number of nitrogens with zero attached hydrogens (tertiary/aromatic N) is 3. The normalized spacial score (nSPS) is 11.8. The Hall–Kier alpha value is -1.80. The number of aromatic amines is 1. The minimum atomic E-state index is -4.18. The van der Waals surface area contributed by atoms with Crippen LogP contribution in [0, 0.1) is 0 Å². The summed E-state index contributed by atoms with van der Waals surface area (Å²) < 4.78 is 32.6. The maximum absolute atomic E-state index is 11.6. The number of rotatable bonds is 4. The molecule has 0 aliphatic heterocycles. The van der Waals surface area contributed by atoms with Crippen molar-refractivity contribution in [1.29, 1.82) is 0 Å². The number of hydrogen-bond acceptors (Lipinski definition) is 5. The van der Waals surface area contributed by atoms with Gasteiger partial charge in [-0.3, -0.25) is 4.55 Å². The van der Waals surface area contributed by atoms with Gasteiger partial charge in [-0.2, -0.15) is 13.6 Å². The Bertz CT molecular complexity index is 722. The Kier molecular flexibility index (Phi) is 7.04. The Morgan fingerprint density at radius 3 is 1.83 bits per heavy atom. The van der Waals surface area contributed by atoms with Crippen LogP contribution < -0.4 is 0 Å². The van der Waals surface area contributed by atoms with Crippen molar-refractivity contribution in [2.75, 3.05) is 0 Å². The highest BCUT2D eigenvalue weighted by Crippen LogP contribution is 2.37. The minimum Gasteiger partial charge on any atom is -0.282 e. The lowest BCUT2D eigenvalue weighted by molar-refractivity contribution is 0.480. The molecule has 2 aromatic rings. The molecule has 0 saturated carbocycles. The van der Waals surface area contributed by atoms with Gasteiger partial charge in [0.1, 0.15) is 0 Å². The second-order valence-corrected chi connectivity index (χ2v) is 7.87. The number of tetrazole rings is 1. The van der Waals surface area contributed by atoms with Crippen LogP contribution in [0.25, 0.3) is 0 Å². The van der Waals surface area contributed by atoms with E-state index in [0.717, 1.165) is 16.7 Å². The van der Waals surface area contributed by atoms with Gasteiger partial charge in [-0.05, 0) is 40.5 Å².